The first-order valence-corrected chi connectivity index (χ1v) is 40.3. The second-order valence-corrected chi connectivity index (χ2v) is 37.5. The Morgan fingerprint density at radius 1 is 0.268 bits per heavy atom. The number of benzene rings is 14. The molecule has 20 rings (SSSR count). The van der Waals surface area contributed by atoms with Crippen LogP contribution in [-0.4, -0.2) is 0 Å². The van der Waals surface area contributed by atoms with Crippen LogP contribution in [0.2, 0.25) is 0 Å². The molecule has 0 bridgehead atoms. The van der Waals surface area contributed by atoms with Gasteiger partial charge >= 0.3 is 0 Å². The Hall–Kier alpha value is -11.7. The third-order valence-corrected chi connectivity index (χ3v) is 26.4. The number of para-hydroxylation sites is 1. The topological polar surface area (TPSA) is 32.8 Å². The molecule has 0 N–H and O–H groups in total. The van der Waals surface area contributed by atoms with E-state index in [1.54, 1.807) is 0 Å². The average molecular weight is 1450 g/mol. The zero-order valence-electron chi connectivity index (χ0n) is 67.5. The number of rotatable bonds is 10. The molecule has 0 radical (unpaired) electrons. The maximum atomic E-state index is 7.56. The van der Waals surface area contributed by atoms with Crippen LogP contribution in [0.25, 0.3) is 111 Å². The first-order chi connectivity index (χ1) is 53.5. The molecule has 1 atom stereocenters. The van der Waals surface area contributed by atoms with Gasteiger partial charge in [-0.25, -0.2) is 0 Å². The largest absolute Gasteiger partial charge is 0.456 e. The molecule has 0 fully saturated rings. The third-order valence-electron chi connectivity index (χ3n) is 26.4. The predicted octanol–water partition coefficient (Wildman–Crippen LogP) is 30.1. The van der Waals surface area contributed by atoms with Gasteiger partial charge in [0.2, 0.25) is 0 Å². The van der Waals surface area contributed by atoms with Crippen molar-refractivity contribution in [2.75, 3.05) is 9.80 Å². The van der Waals surface area contributed by atoms with Gasteiger partial charge in [0, 0.05) is 78.1 Å². The van der Waals surface area contributed by atoms with E-state index in [-0.39, 0.29) is 32.5 Å². The van der Waals surface area contributed by atoms with E-state index in [1.165, 1.54) is 111 Å². The quantitative estimate of drug-likeness (QED) is 0.137. The van der Waals surface area contributed by atoms with Crippen molar-refractivity contribution < 1.29 is 8.83 Å². The number of fused-ring (bicyclic) bond motifs is 18. The van der Waals surface area contributed by atoms with Gasteiger partial charge in [0.25, 0.3) is 0 Å². The number of nitrogens with zero attached hydrogens (tertiary/aromatic N) is 2. The first-order valence-electron chi connectivity index (χ1n) is 40.3. The summed E-state index contributed by atoms with van der Waals surface area (Å²) in [4.78, 5) is 5.02. The lowest BCUT2D eigenvalue weighted by molar-refractivity contribution is 0.582. The van der Waals surface area contributed by atoms with Gasteiger partial charge in [-0.15, -0.1) is 0 Å². The molecular weight excluding hydrogens is 1360 g/mol. The fourth-order valence-corrected chi connectivity index (χ4v) is 20.3. The summed E-state index contributed by atoms with van der Waals surface area (Å²) in [5, 5.41) is 4.43. The average Bonchev–Trinajstić information content (AvgIpc) is 1.62. The minimum atomic E-state index is -0.461. The summed E-state index contributed by atoms with van der Waals surface area (Å²) in [6.07, 6.45) is 0.729. The van der Waals surface area contributed by atoms with E-state index in [2.05, 4.69) is 400 Å². The molecule has 0 saturated carbocycles. The smallest absolute Gasteiger partial charge is 0.138 e. The van der Waals surface area contributed by atoms with Crippen molar-refractivity contribution in [1.82, 2.24) is 0 Å². The Kier molecular flexibility index (Phi) is 15.0. The van der Waals surface area contributed by atoms with Crippen LogP contribution in [0.3, 0.4) is 0 Å². The van der Waals surface area contributed by atoms with Crippen LogP contribution in [0.15, 0.2) is 288 Å². The molecule has 4 aliphatic rings. The molecular formula is C108H96N2O2. The van der Waals surface area contributed by atoms with Gasteiger partial charge in [0.1, 0.15) is 22.3 Å². The molecule has 0 aliphatic heterocycles. The highest BCUT2D eigenvalue weighted by Crippen LogP contribution is 2.59. The molecule has 4 nitrogen and oxygen atoms in total. The highest BCUT2D eigenvalue weighted by atomic mass is 16.3. The Balaban J connectivity index is 0.754. The molecule has 2 heterocycles. The normalized spacial score (nSPS) is 16.0. The zero-order valence-corrected chi connectivity index (χ0v) is 67.5. The lowest BCUT2D eigenvalue weighted by atomic mass is 9.75. The highest BCUT2D eigenvalue weighted by molar-refractivity contribution is 6.16. The van der Waals surface area contributed by atoms with Crippen molar-refractivity contribution >= 4 is 78.0 Å². The first kappa shape index (κ1) is 69.5. The number of hydrogen-bond donors (Lipinski definition) is 0. The van der Waals surface area contributed by atoms with Gasteiger partial charge in [-0.1, -0.05) is 305 Å². The van der Waals surface area contributed by atoms with Crippen LogP contribution in [0.1, 0.15) is 178 Å². The molecule has 1 unspecified atom stereocenters. The second kappa shape index (κ2) is 24.1. The molecule has 4 aliphatic carbocycles. The summed E-state index contributed by atoms with van der Waals surface area (Å²) in [7, 11) is 0. The SMILES string of the molecule is CC(C)(C)c1ccc(-c2cc(N(c3ccc4c(c3)C(C)(C)c3ccccc3-4)c3ccc4c(c3)C(C)(Cc3ccc5c(c3)oc3cc(N(c6ccc7c(c6)C(C)(C)c6ccccc6-7)c6ccc7c(c6)C(C)(C)c6cccc(C(C)(C)C)c6-7)cc(-c6ccc(C(C)(C)C)cc6)c35)c3ccccc3-4)cc3oc4ccccc4c23)cc1. The lowest BCUT2D eigenvalue weighted by Crippen LogP contribution is -2.24. The maximum Gasteiger partial charge on any atom is 0.138 e. The molecule has 2 aromatic heterocycles. The summed E-state index contributed by atoms with van der Waals surface area (Å²) in [5.74, 6) is 0. The summed E-state index contributed by atoms with van der Waals surface area (Å²) in [5.41, 5.74) is 39.5. The number of furan rings is 2. The fraction of sp³-hybridized carbons (Fsp3) is 0.222. The summed E-state index contributed by atoms with van der Waals surface area (Å²) >= 11 is 0. The standard InChI is InChI=1S/C108H96N2O2/c1-102(2,3)67-41-37-65(38-42-67)84-55-73(61-97-99(84)82-29-20-24-35-95(82)111-97)110(70-46-51-79-76-27-18-22-31-87(76)106(12,13)92(79)58-70)72-47-52-80-77-28-19-23-32-88(77)108(16,94(80)60-72)63-64-36-49-83-96(54-64)112-98-62-74(56-85(100(83)98)66-39-43-68(44-40-66)103(4,5)6)109(69-45-50-78-75-26-17-21-30-86(75)105(10,11)91(78)57-69)71-48-53-81-93(59-71)107(14,15)90-34-25-33-89(101(81)90)104(7,8)9/h17-62H,63H2,1-16H3. The van der Waals surface area contributed by atoms with Gasteiger partial charge in [-0.2, -0.15) is 0 Å². The van der Waals surface area contributed by atoms with E-state index in [1.807, 2.05) is 0 Å². The molecule has 112 heavy (non-hydrogen) atoms. The van der Waals surface area contributed by atoms with E-state index in [0.717, 1.165) is 107 Å². The zero-order chi connectivity index (χ0) is 77.2. The lowest BCUT2D eigenvalue weighted by Gasteiger charge is -2.31. The number of anilines is 6. The van der Waals surface area contributed by atoms with Gasteiger partial charge in [-0.3, -0.25) is 0 Å². The Morgan fingerprint density at radius 2 is 0.661 bits per heavy atom. The molecule has 0 saturated heterocycles. The van der Waals surface area contributed by atoms with Gasteiger partial charge in [0.15, 0.2) is 0 Å². The number of hydrogen-bond acceptors (Lipinski definition) is 4. The molecule has 0 spiro atoms. The van der Waals surface area contributed by atoms with Gasteiger partial charge in [0.05, 0.1) is 11.4 Å². The Bertz CT molecular complexity index is 6640. The third kappa shape index (κ3) is 10.5. The van der Waals surface area contributed by atoms with Crippen molar-refractivity contribution in [2.45, 2.75) is 155 Å². The van der Waals surface area contributed by atoms with Crippen molar-refractivity contribution in [2.24, 2.45) is 0 Å². The van der Waals surface area contributed by atoms with Crippen LogP contribution < -0.4 is 9.80 Å². The summed E-state index contributed by atoms with van der Waals surface area (Å²) < 4.78 is 14.6. The monoisotopic (exact) mass is 1450 g/mol. The highest BCUT2D eigenvalue weighted by Gasteiger charge is 2.44. The van der Waals surface area contributed by atoms with Crippen molar-refractivity contribution in [3.05, 3.63) is 346 Å². The van der Waals surface area contributed by atoms with E-state index in [0.29, 0.717) is 0 Å². The van der Waals surface area contributed by atoms with E-state index in [9.17, 15) is 0 Å². The molecule has 4 heteroatoms. The van der Waals surface area contributed by atoms with Gasteiger partial charge < -0.3 is 18.6 Å². The van der Waals surface area contributed by atoms with Crippen molar-refractivity contribution in [1.29, 1.82) is 0 Å². The van der Waals surface area contributed by atoms with Crippen molar-refractivity contribution in [3.63, 3.8) is 0 Å². The molecule has 16 aromatic rings. The van der Waals surface area contributed by atoms with Crippen molar-refractivity contribution in [3.8, 4) is 66.8 Å². The van der Waals surface area contributed by atoms with Crippen LogP contribution >= 0.6 is 0 Å². The van der Waals surface area contributed by atoms with Crippen LogP contribution in [-0.2, 0) is 44.3 Å². The van der Waals surface area contributed by atoms with E-state index < -0.39 is 5.41 Å². The molecule has 14 aromatic carbocycles. The minimum Gasteiger partial charge on any atom is -0.456 e. The minimum absolute atomic E-state index is 0.000915. The Labute approximate surface area is 660 Å². The van der Waals surface area contributed by atoms with E-state index in [4.69, 9.17) is 8.83 Å². The predicted molar refractivity (Wildman–Crippen MR) is 472 cm³/mol. The fourth-order valence-electron chi connectivity index (χ4n) is 20.3. The summed E-state index contributed by atoms with van der Waals surface area (Å²) in [6, 6.07) is 107. The second-order valence-electron chi connectivity index (χ2n) is 37.5. The van der Waals surface area contributed by atoms with Gasteiger partial charge in [-0.05, 0) is 229 Å². The molecule has 0 amide bonds. The van der Waals surface area contributed by atoms with Crippen LogP contribution in [0.5, 0.6) is 0 Å². The van der Waals surface area contributed by atoms with Crippen LogP contribution in [0.4, 0.5) is 34.1 Å². The summed E-state index contributed by atoms with van der Waals surface area (Å²) in [6.45, 7) is 37.7. The Morgan fingerprint density at radius 3 is 1.16 bits per heavy atom. The van der Waals surface area contributed by atoms with Crippen LogP contribution in [0, 0.1) is 0 Å². The van der Waals surface area contributed by atoms with E-state index >= 15 is 0 Å². The molecule has 550 valence electrons. The maximum absolute atomic E-state index is 7.56.